The fraction of sp³-hybridized carbons (Fsp3) is 0.455. The number of benzene rings is 1. The van der Waals surface area contributed by atoms with E-state index < -0.39 is 0 Å². The lowest BCUT2D eigenvalue weighted by molar-refractivity contribution is 0.293. The van der Waals surface area contributed by atoms with Crippen LogP contribution in [0, 0.1) is 0 Å². The molecule has 0 N–H and O–H groups in total. The van der Waals surface area contributed by atoms with Crippen LogP contribution in [0.25, 0.3) is 0 Å². The molecule has 1 rings (SSSR count). The smallest absolute Gasteiger partial charge is 0.211 e. The minimum atomic E-state index is 0.440. The maximum Gasteiger partial charge on any atom is 0.211 e. The van der Waals surface area contributed by atoms with Gasteiger partial charge >= 0.3 is 0 Å². The number of methoxy groups -OCH3 is 5. The third kappa shape index (κ3) is 2.20. The van der Waals surface area contributed by atoms with Crippen LogP contribution in [0.1, 0.15) is 0 Å². The molecule has 17 heavy (non-hydrogen) atoms. The molecule has 96 valence electrons. The summed E-state index contributed by atoms with van der Waals surface area (Å²) < 4.78 is 26.4. The third-order valence-corrected chi connectivity index (χ3v) is 2.86. The highest BCUT2D eigenvalue weighted by molar-refractivity contribution is 7.28. The Morgan fingerprint density at radius 2 is 0.765 bits per heavy atom. The molecular weight excluding hydrogens is 243 g/mol. The summed E-state index contributed by atoms with van der Waals surface area (Å²) in [5, 5.41) is 0.712. The van der Waals surface area contributed by atoms with Crippen molar-refractivity contribution in [1.29, 1.82) is 0 Å². The Labute approximate surface area is 103 Å². The van der Waals surface area contributed by atoms with Gasteiger partial charge in [-0.3, -0.25) is 0 Å². The van der Waals surface area contributed by atoms with Crippen LogP contribution in [0.15, 0.2) is 0 Å². The molecule has 1 unspecified atom stereocenters. The third-order valence-electron chi connectivity index (χ3n) is 2.33. The lowest BCUT2D eigenvalue weighted by atomic mass is 10.2. The lowest BCUT2D eigenvalue weighted by Crippen LogP contribution is -2.09. The van der Waals surface area contributed by atoms with E-state index in [4.69, 9.17) is 23.7 Å². The molecule has 0 aliphatic carbocycles. The highest BCUT2D eigenvalue weighted by Crippen LogP contribution is 2.49. The van der Waals surface area contributed by atoms with E-state index in [2.05, 4.69) is 9.24 Å². The molecule has 0 aliphatic heterocycles. The predicted molar refractivity (Wildman–Crippen MR) is 68.5 cm³/mol. The molecule has 1 atom stereocenters. The summed E-state index contributed by atoms with van der Waals surface area (Å²) in [6, 6.07) is 0. The molecule has 0 spiro atoms. The second-order valence-electron chi connectivity index (χ2n) is 3.08. The quantitative estimate of drug-likeness (QED) is 0.745. The zero-order valence-electron chi connectivity index (χ0n) is 10.6. The van der Waals surface area contributed by atoms with E-state index >= 15 is 0 Å². The first-order valence-corrected chi connectivity index (χ1v) is 5.43. The van der Waals surface area contributed by atoms with Gasteiger partial charge in [0.05, 0.1) is 40.9 Å². The fourth-order valence-corrected chi connectivity index (χ4v) is 2.12. The molecule has 0 bridgehead atoms. The second kappa shape index (κ2) is 5.82. The second-order valence-corrected chi connectivity index (χ2v) is 3.66. The summed E-state index contributed by atoms with van der Waals surface area (Å²) in [4.78, 5) is 0. The van der Waals surface area contributed by atoms with Crippen LogP contribution >= 0.6 is 9.24 Å². The van der Waals surface area contributed by atoms with Gasteiger partial charge < -0.3 is 23.7 Å². The topological polar surface area (TPSA) is 46.2 Å². The molecule has 6 heteroatoms. The van der Waals surface area contributed by atoms with Crippen molar-refractivity contribution in [3.63, 3.8) is 0 Å². The van der Waals surface area contributed by atoms with Crippen LogP contribution < -0.4 is 29.0 Å². The lowest BCUT2D eigenvalue weighted by Gasteiger charge is -2.20. The number of hydrogen-bond acceptors (Lipinski definition) is 5. The van der Waals surface area contributed by atoms with Crippen LogP contribution in [0.5, 0.6) is 28.7 Å². The van der Waals surface area contributed by atoms with Gasteiger partial charge in [0, 0.05) is 0 Å². The molecule has 1 aromatic carbocycles. The summed E-state index contributed by atoms with van der Waals surface area (Å²) in [7, 11) is 10.2. The average Bonchev–Trinajstić information content (AvgIpc) is 2.36. The molecule has 0 fully saturated rings. The minimum absolute atomic E-state index is 0.440. The highest BCUT2D eigenvalue weighted by Gasteiger charge is 2.26. The SMILES string of the molecule is COc1c(P)c(OC)c(OC)c(OC)c1OC. The van der Waals surface area contributed by atoms with Gasteiger partial charge in [-0.15, -0.1) is 0 Å². The number of hydrogen-bond donors (Lipinski definition) is 0. The Morgan fingerprint density at radius 3 is 1.00 bits per heavy atom. The molecule has 1 aromatic rings. The largest absolute Gasteiger partial charge is 0.492 e. The van der Waals surface area contributed by atoms with E-state index in [-0.39, 0.29) is 0 Å². The summed E-state index contributed by atoms with van der Waals surface area (Å²) >= 11 is 0. The summed E-state index contributed by atoms with van der Waals surface area (Å²) in [6.45, 7) is 0. The summed E-state index contributed by atoms with van der Waals surface area (Å²) in [5.74, 6) is 2.45. The van der Waals surface area contributed by atoms with E-state index in [9.17, 15) is 0 Å². The standard InChI is InChI=1S/C11H17O5P/c1-12-6-7(13-2)9(15-4)11(17)10(16-5)8(6)14-3/h17H2,1-5H3. The van der Waals surface area contributed by atoms with E-state index in [0.717, 1.165) is 0 Å². The predicted octanol–water partition coefficient (Wildman–Crippen LogP) is 1.23. The molecule has 0 saturated heterocycles. The van der Waals surface area contributed by atoms with Gasteiger partial charge in [-0.2, -0.15) is 0 Å². The molecule has 5 nitrogen and oxygen atoms in total. The zero-order valence-corrected chi connectivity index (χ0v) is 11.8. The maximum absolute atomic E-state index is 5.29. The summed E-state index contributed by atoms with van der Waals surface area (Å²) in [6.07, 6.45) is 0. The van der Waals surface area contributed by atoms with Crippen molar-refractivity contribution in [2.24, 2.45) is 0 Å². The van der Waals surface area contributed by atoms with Gasteiger partial charge in [-0.25, -0.2) is 0 Å². The van der Waals surface area contributed by atoms with Crippen molar-refractivity contribution in [2.75, 3.05) is 35.5 Å². The van der Waals surface area contributed by atoms with E-state index in [1.807, 2.05) is 0 Å². The van der Waals surface area contributed by atoms with E-state index in [0.29, 0.717) is 34.1 Å². The number of rotatable bonds is 5. The zero-order chi connectivity index (χ0) is 13.0. The Bertz CT molecular complexity index is 372. The van der Waals surface area contributed by atoms with Crippen LogP contribution in [0.2, 0.25) is 0 Å². The molecule has 0 aliphatic rings. The monoisotopic (exact) mass is 260 g/mol. The highest BCUT2D eigenvalue weighted by atomic mass is 31.0. The first kappa shape index (κ1) is 13.7. The van der Waals surface area contributed by atoms with E-state index in [1.54, 1.807) is 14.2 Å². The Morgan fingerprint density at radius 1 is 0.529 bits per heavy atom. The van der Waals surface area contributed by atoms with Gasteiger partial charge in [-0.05, 0) is 0 Å². The van der Waals surface area contributed by atoms with Gasteiger partial charge in [0.1, 0.15) is 0 Å². The Balaban J connectivity index is 3.66. The number of ether oxygens (including phenoxy) is 5. The Kier molecular flexibility index (Phi) is 4.70. The van der Waals surface area contributed by atoms with Gasteiger partial charge in [0.25, 0.3) is 0 Å². The minimum Gasteiger partial charge on any atom is -0.492 e. The Hall–Kier alpha value is -1.35. The van der Waals surface area contributed by atoms with Crippen LogP contribution in [0.3, 0.4) is 0 Å². The normalized spacial score (nSPS) is 9.76. The van der Waals surface area contributed by atoms with Crippen LogP contribution in [-0.4, -0.2) is 35.5 Å². The van der Waals surface area contributed by atoms with E-state index in [1.165, 1.54) is 21.3 Å². The van der Waals surface area contributed by atoms with Crippen molar-refractivity contribution >= 4 is 14.5 Å². The van der Waals surface area contributed by atoms with Crippen molar-refractivity contribution in [3.8, 4) is 28.7 Å². The molecule has 0 saturated carbocycles. The fourth-order valence-electron chi connectivity index (χ4n) is 1.62. The first-order valence-electron chi connectivity index (χ1n) is 4.85. The van der Waals surface area contributed by atoms with Crippen molar-refractivity contribution < 1.29 is 23.7 Å². The van der Waals surface area contributed by atoms with Gasteiger partial charge in [0.2, 0.25) is 17.2 Å². The molecule has 0 amide bonds. The maximum atomic E-state index is 5.29. The molecule has 0 radical (unpaired) electrons. The van der Waals surface area contributed by atoms with Crippen molar-refractivity contribution in [3.05, 3.63) is 0 Å². The molecular formula is C11H17O5P. The van der Waals surface area contributed by atoms with Crippen LogP contribution in [-0.2, 0) is 0 Å². The van der Waals surface area contributed by atoms with Crippen molar-refractivity contribution in [2.45, 2.75) is 0 Å². The summed E-state index contributed by atoms with van der Waals surface area (Å²) in [5.41, 5.74) is 0. The average molecular weight is 260 g/mol. The van der Waals surface area contributed by atoms with Crippen LogP contribution in [0.4, 0.5) is 0 Å². The molecule has 0 heterocycles. The van der Waals surface area contributed by atoms with Gasteiger partial charge in [-0.1, -0.05) is 9.24 Å². The van der Waals surface area contributed by atoms with Gasteiger partial charge in [0.15, 0.2) is 11.5 Å². The molecule has 0 aromatic heterocycles. The van der Waals surface area contributed by atoms with Crippen molar-refractivity contribution in [1.82, 2.24) is 0 Å². The first-order chi connectivity index (χ1) is 8.15.